The molecular weight excluding hydrogens is 526 g/mol. The summed E-state index contributed by atoms with van der Waals surface area (Å²) in [5.41, 5.74) is 7.19. The maximum Gasteiger partial charge on any atom is 0.326 e. The summed E-state index contributed by atoms with van der Waals surface area (Å²) in [6.45, 7) is 3.33. The first-order chi connectivity index (χ1) is 18.8. The molecule has 0 spiro atoms. The van der Waals surface area contributed by atoms with Crippen molar-refractivity contribution in [2.45, 2.75) is 70.1 Å². The Hall–Kier alpha value is -4.46. The fourth-order valence-electron chi connectivity index (χ4n) is 4.01. The summed E-state index contributed by atoms with van der Waals surface area (Å²) in [4.78, 5) is 76.1. The van der Waals surface area contributed by atoms with Crippen molar-refractivity contribution in [3.63, 3.8) is 0 Å². The van der Waals surface area contributed by atoms with Gasteiger partial charge < -0.3 is 42.0 Å². The summed E-state index contributed by atoms with van der Waals surface area (Å²) in [6, 6.07) is 1.61. The molecule has 0 radical (unpaired) electrons. The highest BCUT2D eigenvalue weighted by molar-refractivity contribution is 5.96. The number of carbonyl (C=O) groups excluding carboxylic acids is 3. The first-order valence-electron chi connectivity index (χ1n) is 12.7. The molecule has 218 valence electrons. The average Bonchev–Trinajstić information content (AvgIpc) is 3.31. The first-order valence-corrected chi connectivity index (χ1v) is 12.7. The third-order valence-corrected chi connectivity index (χ3v) is 6.53. The van der Waals surface area contributed by atoms with Crippen LogP contribution in [0.25, 0.3) is 10.9 Å². The molecule has 0 saturated carbocycles. The minimum absolute atomic E-state index is 0.0841. The zero-order valence-corrected chi connectivity index (χ0v) is 22.2. The minimum atomic E-state index is -1.65. The number of fused-ring (bicyclic) bond motifs is 1. The van der Waals surface area contributed by atoms with Gasteiger partial charge in [0.25, 0.3) is 0 Å². The number of carboxylic acid groups (broad SMARTS) is 3. The standard InChI is InChI=1S/C26H35N5O9/c1-3-13(2)22(26(39)40)31-25(38)19(11-21(34)35)30-24(37)18(29-23(36)16(27)8-9-20(32)33)10-14-12-28-17-7-5-4-6-15(14)17/h4-7,12-13,16,18-19,22,28H,3,8-11,27H2,1-2H3,(H,29,36)(H,30,37)(H,31,38)(H,32,33)(H,34,35)(H,39,40). The maximum atomic E-state index is 13.4. The van der Waals surface area contributed by atoms with Crippen LogP contribution >= 0.6 is 0 Å². The first kappa shape index (κ1) is 31.8. The molecule has 2 rings (SSSR count). The van der Waals surface area contributed by atoms with E-state index in [1.165, 1.54) is 0 Å². The number of aromatic amines is 1. The van der Waals surface area contributed by atoms with Gasteiger partial charge in [0.1, 0.15) is 18.1 Å². The van der Waals surface area contributed by atoms with Crippen LogP contribution in [0.4, 0.5) is 0 Å². The van der Waals surface area contributed by atoms with Gasteiger partial charge in [-0.15, -0.1) is 0 Å². The van der Waals surface area contributed by atoms with Crippen LogP contribution in [0.15, 0.2) is 30.5 Å². The summed E-state index contributed by atoms with van der Waals surface area (Å²) < 4.78 is 0. The number of benzene rings is 1. The van der Waals surface area contributed by atoms with Gasteiger partial charge in [-0.3, -0.25) is 24.0 Å². The Morgan fingerprint density at radius 1 is 0.900 bits per heavy atom. The Kier molecular flexibility index (Phi) is 11.6. The summed E-state index contributed by atoms with van der Waals surface area (Å²) >= 11 is 0. The number of amides is 3. The summed E-state index contributed by atoms with van der Waals surface area (Å²) in [5.74, 6) is -7.13. The zero-order chi connectivity index (χ0) is 30.0. The molecule has 40 heavy (non-hydrogen) atoms. The molecule has 14 nitrogen and oxygen atoms in total. The van der Waals surface area contributed by atoms with Gasteiger partial charge in [0.2, 0.25) is 17.7 Å². The molecule has 0 fully saturated rings. The molecule has 14 heteroatoms. The summed E-state index contributed by atoms with van der Waals surface area (Å²) in [5, 5.41) is 35.6. The summed E-state index contributed by atoms with van der Waals surface area (Å²) in [6.07, 6.45) is 0.532. The van der Waals surface area contributed by atoms with Crippen LogP contribution in [0.5, 0.6) is 0 Å². The molecule has 5 unspecified atom stereocenters. The third kappa shape index (κ3) is 9.08. The van der Waals surface area contributed by atoms with E-state index in [9.17, 15) is 39.0 Å². The lowest BCUT2D eigenvalue weighted by Gasteiger charge is -2.26. The lowest BCUT2D eigenvalue weighted by molar-refractivity contribution is -0.145. The molecule has 3 amide bonds. The van der Waals surface area contributed by atoms with Crippen LogP contribution in [-0.4, -0.2) is 80.1 Å². The minimum Gasteiger partial charge on any atom is -0.481 e. The predicted molar refractivity (Wildman–Crippen MR) is 142 cm³/mol. The smallest absolute Gasteiger partial charge is 0.326 e. The number of nitrogens with one attached hydrogen (secondary N) is 4. The Morgan fingerprint density at radius 2 is 1.52 bits per heavy atom. The second-order valence-corrected chi connectivity index (χ2v) is 9.53. The normalized spacial score (nSPS) is 14.8. The van der Waals surface area contributed by atoms with E-state index in [1.54, 1.807) is 44.3 Å². The molecule has 1 aromatic heterocycles. The number of hydrogen-bond donors (Lipinski definition) is 8. The van der Waals surface area contributed by atoms with Gasteiger partial charge >= 0.3 is 17.9 Å². The van der Waals surface area contributed by atoms with Crippen molar-refractivity contribution in [1.82, 2.24) is 20.9 Å². The third-order valence-electron chi connectivity index (χ3n) is 6.53. The van der Waals surface area contributed by atoms with E-state index in [1.807, 2.05) is 0 Å². The van der Waals surface area contributed by atoms with Gasteiger partial charge in [-0.25, -0.2) is 4.79 Å². The zero-order valence-electron chi connectivity index (χ0n) is 22.2. The molecular formula is C26H35N5O9. The molecule has 0 aliphatic rings. The molecule has 1 aromatic carbocycles. The second kappa shape index (κ2) is 14.6. The van der Waals surface area contributed by atoms with Crippen LogP contribution < -0.4 is 21.7 Å². The number of aromatic nitrogens is 1. The molecule has 5 atom stereocenters. The molecule has 0 bridgehead atoms. The number of H-pyrrole nitrogens is 1. The number of para-hydroxylation sites is 1. The van der Waals surface area contributed by atoms with Crippen molar-refractivity contribution in [3.8, 4) is 0 Å². The van der Waals surface area contributed by atoms with Crippen molar-refractivity contribution in [3.05, 3.63) is 36.0 Å². The number of carbonyl (C=O) groups is 6. The topological polar surface area (TPSA) is 241 Å². The quantitative estimate of drug-likeness (QED) is 0.136. The Labute approximate surface area is 229 Å². The van der Waals surface area contributed by atoms with E-state index in [4.69, 9.17) is 10.8 Å². The largest absolute Gasteiger partial charge is 0.481 e. The predicted octanol–water partition coefficient (Wildman–Crippen LogP) is -0.0377. The van der Waals surface area contributed by atoms with Crippen LogP contribution in [0.1, 0.15) is 45.1 Å². The van der Waals surface area contributed by atoms with Crippen molar-refractivity contribution >= 4 is 46.5 Å². The van der Waals surface area contributed by atoms with Gasteiger partial charge in [0, 0.05) is 29.9 Å². The fourth-order valence-corrected chi connectivity index (χ4v) is 4.01. The lowest BCUT2D eigenvalue weighted by Crippen LogP contribution is -2.58. The number of hydrogen-bond acceptors (Lipinski definition) is 7. The van der Waals surface area contributed by atoms with E-state index in [2.05, 4.69) is 20.9 Å². The van der Waals surface area contributed by atoms with E-state index >= 15 is 0 Å². The Bertz CT molecular complexity index is 1240. The SMILES string of the molecule is CCC(C)C(NC(=O)C(CC(=O)O)NC(=O)C(Cc1c[nH]c2ccccc12)NC(=O)C(N)CCC(=O)O)C(=O)O. The molecule has 9 N–H and O–H groups in total. The van der Waals surface area contributed by atoms with Crippen LogP contribution in [0.2, 0.25) is 0 Å². The molecule has 0 aliphatic heterocycles. The molecule has 2 aromatic rings. The Balaban J connectivity index is 2.31. The maximum absolute atomic E-state index is 13.4. The van der Waals surface area contributed by atoms with E-state index in [0.717, 1.165) is 10.9 Å². The van der Waals surface area contributed by atoms with Gasteiger partial charge in [0.15, 0.2) is 0 Å². The summed E-state index contributed by atoms with van der Waals surface area (Å²) in [7, 11) is 0. The highest BCUT2D eigenvalue weighted by Gasteiger charge is 2.33. The van der Waals surface area contributed by atoms with E-state index in [-0.39, 0.29) is 19.3 Å². The Morgan fingerprint density at radius 3 is 2.12 bits per heavy atom. The highest BCUT2D eigenvalue weighted by atomic mass is 16.4. The monoisotopic (exact) mass is 561 g/mol. The van der Waals surface area contributed by atoms with Gasteiger partial charge in [0.05, 0.1) is 12.5 Å². The highest BCUT2D eigenvalue weighted by Crippen LogP contribution is 2.19. The van der Waals surface area contributed by atoms with Gasteiger partial charge in [-0.1, -0.05) is 38.5 Å². The number of aliphatic carboxylic acids is 3. The molecule has 1 heterocycles. The molecule has 0 aliphatic carbocycles. The van der Waals surface area contributed by atoms with Crippen LogP contribution in [0.3, 0.4) is 0 Å². The van der Waals surface area contributed by atoms with Crippen molar-refractivity contribution in [2.24, 2.45) is 11.7 Å². The van der Waals surface area contributed by atoms with Gasteiger partial charge in [-0.05, 0) is 24.0 Å². The van der Waals surface area contributed by atoms with E-state index < -0.39 is 72.1 Å². The number of rotatable bonds is 16. The van der Waals surface area contributed by atoms with Gasteiger partial charge in [-0.2, -0.15) is 0 Å². The van der Waals surface area contributed by atoms with Crippen LogP contribution in [0, 0.1) is 5.92 Å². The van der Waals surface area contributed by atoms with Crippen molar-refractivity contribution in [1.29, 1.82) is 0 Å². The fraction of sp³-hybridized carbons (Fsp3) is 0.462. The van der Waals surface area contributed by atoms with Crippen LogP contribution in [-0.2, 0) is 35.2 Å². The van der Waals surface area contributed by atoms with Crippen molar-refractivity contribution in [2.75, 3.05) is 0 Å². The average molecular weight is 562 g/mol. The van der Waals surface area contributed by atoms with Crippen molar-refractivity contribution < 1.29 is 44.1 Å². The molecule has 0 saturated heterocycles. The number of nitrogens with two attached hydrogens (primary N) is 1. The lowest BCUT2D eigenvalue weighted by atomic mass is 9.98. The number of carboxylic acids is 3. The second-order valence-electron chi connectivity index (χ2n) is 9.53. The van der Waals surface area contributed by atoms with E-state index in [0.29, 0.717) is 12.0 Å².